The van der Waals surface area contributed by atoms with Crippen molar-refractivity contribution in [3.63, 3.8) is 0 Å². The highest BCUT2D eigenvalue weighted by Crippen LogP contribution is 2.53. The maximum absolute atomic E-state index is 14.0. The van der Waals surface area contributed by atoms with Crippen LogP contribution in [0.4, 0.5) is 4.39 Å². The van der Waals surface area contributed by atoms with Gasteiger partial charge in [-0.15, -0.1) is 0 Å². The molecule has 1 saturated carbocycles. The van der Waals surface area contributed by atoms with E-state index in [0.29, 0.717) is 17.3 Å². The average molecular weight is 284 g/mol. The van der Waals surface area contributed by atoms with Gasteiger partial charge in [-0.25, -0.2) is 4.39 Å². The smallest absolute Gasteiger partial charge is 0.237 e. The monoisotopic (exact) mass is 284 g/mol. The maximum Gasteiger partial charge on any atom is 0.237 e. The Bertz CT molecular complexity index is 803. The summed E-state index contributed by atoms with van der Waals surface area (Å²) in [4.78, 5) is 4.45. The lowest BCUT2D eigenvalue weighted by Gasteiger charge is -2.11. The van der Waals surface area contributed by atoms with Crippen LogP contribution in [0.25, 0.3) is 11.4 Å². The fourth-order valence-electron chi connectivity index (χ4n) is 2.64. The Balaban J connectivity index is 1.75. The summed E-state index contributed by atoms with van der Waals surface area (Å²) in [5.41, 5.74) is 0.960. The second-order valence-electron chi connectivity index (χ2n) is 5.39. The van der Waals surface area contributed by atoms with Crippen LogP contribution in [0.5, 0.6) is 0 Å². The van der Waals surface area contributed by atoms with Crippen LogP contribution in [0, 0.1) is 5.82 Å². The van der Waals surface area contributed by atoms with E-state index in [9.17, 15) is 4.39 Å². The van der Waals surface area contributed by atoms with Crippen molar-refractivity contribution in [2.45, 2.75) is 18.3 Å². The summed E-state index contributed by atoms with van der Waals surface area (Å²) in [5.74, 6) is 0.739. The van der Waals surface area contributed by atoms with Crippen molar-refractivity contribution in [1.82, 2.24) is 19.9 Å². The van der Waals surface area contributed by atoms with Crippen LogP contribution in [0.1, 0.15) is 24.3 Å². The van der Waals surface area contributed by atoms with E-state index in [1.54, 1.807) is 23.0 Å². The van der Waals surface area contributed by atoms with Crippen molar-refractivity contribution < 1.29 is 8.91 Å². The molecule has 1 aromatic carbocycles. The highest BCUT2D eigenvalue weighted by atomic mass is 19.1. The van der Waals surface area contributed by atoms with E-state index in [1.165, 1.54) is 6.07 Å². The van der Waals surface area contributed by atoms with Gasteiger partial charge in [0, 0.05) is 18.8 Å². The molecule has 3 aromatic rings. The number of hydrogen-bond acceptors (Lipinski definition) is 4. The van der Waals surface area contributed by atoms with E-state index in [1.807, 2.05) is 19.3 Å². The highest BCUT2D eigenvalue weighted by molar-refractivity contribution is 5.52. The molecule has 5 nitrogen and oxygen atoms in total. The van der Waals surface area contributed by atoms with Crippen LogP contribution in [-0.4, -0.2) is 19.9 Å². The van der Waals surface area contributed by atoms with Gasteiger partial charge in [0.1, 0.15) is 5.82 Å². The molecule has 0 radical (unpaired) electrons. The number of rotatable bonds is 3. The second-order valence-corrected chi connectivity index (χ2v) is 5.39. The van der Waals surface area contributed by atoms with E-state index < -0.39 is 5.41 Å². The Morgan fingerprint density at radius 3 is 2.76 bits per heavy atom. The van der Waals surface area contributed by atoms with Gasteiger partial charge in [0.15, 0.2) is 0 Å². The fourth-order valence-corrected chi connectivity index (χ4v) is 2.64. The number of nitrogens with zero attached hydrogens (tertiary/aromatic N) is 4. The number of benzene rings is 1. The lowest BCUT2D eigenvalue weighted by atomic mass is 9.95. The fraction of sp³-hybridized carbons (Fsp3) is 0.267. The average Bonchev–Trinajstić information content (AvgIpc) is 2.93. The summed E-state index contributed by atoms with van der Waals surface area (Å²) in [5, 5.41) is 8.09. The van der Waals surface area contributed by atoms with Crippen molar-refractivity contribution in [3.05, 3.63) is 53.9 Å². The Kier molecular flexibility index (Phi) is 2.48. The molecule has 0 amide bonds. The van der Waals surface area contributed by atoms with E-state index in [-0.39, 0.29) is 5.82 Å². The molecule has 2 aromatic heterocycles. The molecule has 6 heteroatoms. The van der Waals surface area contributed by atoms with Gasteiger partial charge in [-0.05, 0) is 18.9 Å². The zero-order valence-corrected chi connectivity index (χ0v) is 11.5. The van der Waals surface area contributed by atoms with Gasteiger partial charge in [-0.1, -0.05) is 23.4 Å². The SMILES string of the molecule is Cn1cc(-c2noc(C3(c4ccccc4F)CC3)n2)cn1. The second kappa shape index (κ2) is 4.25. The number of aromatic nitrogens is 4. The van der Waals surface area contributed by atoms with Crippen molar-refractivity contribution in [2.24, 2.45) is 7.05 Å². The van der Waals surface area contributed by atoms with E-state index in [4.69, 9.17) is 4.52 Å². The minimum absolute atomic E-state index is 0.226. The summed E-state index contributed by atoms with van der Waals surface area (Å²) < 4.78 is 21.1. The van der Waals surface area contributed by atoms with Crippen molar-refractivity contribution in [3.8, 4) is 11.4 Å². The summed E-state index contributed by atoms with van der Waals surface area (Å²) in [6, 6.07) is 6.77. The Morgan fingerprint density at radius 2 is 2.10 bits per heavy atom. The number of halogens is 1. The molecule has 0 bridgehead atoms. The maximum atomic E-state index is 14.0. The summed E-state index contributed by atoms with van der Waals surface area (Å²) in [6.45, 7) is 0. The zero-order chi connectivity index (χ0) is 14.4. The first-order valence-corrected chi connectivity index (χ1v) is 6.77. The topological polar surface area (TPSA) is 56.7 Å². The standard InChI is InChI=1S/C15H13FN4O/c1-20-9-10(8-17-20)13-18-14(21-19-13)15(6-7-15)11-4-2-3-5-12(11)16/h2-5,8-9H,6-7H2,1H3. The van der Waals surface area contributed by atoms with Gasteiger partial charge < -0.3 is 4.52 Å². The van der Waals surface area contributed by atoms with Crippen molar-refractivity contribution >= 4 is 0 Å². The van der Waals surface area contributed by atoms with Crippen LogP contribution < -0.4 is 0 Å². The van der Waals surface area contributed by atoms with Crippen LogP contribution in [0.15, 0.2) is 41.2 Å². The van der Waals surface area contributed by atoms with Crippen LogP contribution >= 0.6 is 0 Å². The largest absolute Gasteiger partial charge is 0.338 e. The quantitative estimate of drug-likeness (QED) is 0.742. The number of aryl methyl sites for hydroxylation is 1. The van der Waals surface area contributed by atoms with Crippen molar-refractivity contribution in [1.29, 1.82) is 0 Å². The minimum atomic E-state index is -0.460. The third-order valence-corrected chi connectivity index (χ3v) is 3.94. The molecular formula is C15H13FN4O. The Labute approximate surface area is 120 Å². The zero-order valence-electron chi connectivity index (χ0n) is 11.5. The predicted octanol–water partition coefficient (Wildman–Crippen LogP) is 2.69. The molecule has 0 atom stereocenters. The summed E-state index contributed by atoms with van der Waals surface area (Å²) >= 11 is 0. The lowest BCUT2D eigenvalue weighted by molar-refractivity contribution is 0.357. The third kappa shape index (κ3) is 1.86. The van der Waals surface area contributed by atoms with E-state index in [2.05, 4.69) is 15.2 Å². The molecule has 0 spiro atoms. The molecular weight excluding hydrogens is 271 g/mol. The molecule has 0 saturated heterocycles. The molecule has 1 fully saturated rings. The molecule has 2 heterocycles. The first-order chi connectivity index (χ1) is 10.2. The molecule has 1 aliphatic carbocycles. The van der Waals surface area contributed by atoms with E-state index in [0.717, 1.165) is 18.4 Å². The molecule has 4 rings (SSSR count). The van der Waals surface area contributed by atoms with Gasteiger partial charge in [-0.2, -0.15) is 10.1 Å². The van der Waals surface area contributed by atoms with Gasteiger partial charge in [0.05, 0.1) is 17.2 Å². The van der Waals surface area contributed by atoms with Gasteiger partial charge in [0.25, 0.3) is 0 Å². The third-order valence-electron chi connectivity index (χ3n) is 3.94. The first kappa shape index (κ1) is 12.3. The van der Waals surface area contributed by atoms with E-state index >= 15 is 0 Å². The summed E-state index contributed by atoms with van der Waals surface area (Å²) in [6.07, 6.45) is 5.14. The first-order valence-electron chi connectivity index (χ1n) is 6.77. The van der Waals surface area contributed by atoms with Gasteiger partial charge in [0.2, 0.25) is 11.7 Å². The Morgan fingerprint density at radius 1 is 1.29 bits per heavy atom. The van der Waals surface area contributed by atoms with Crippen LogP contribution in [0.2, 0.25) is 0 Å². The molecule has 0 unspecified atom stereocenters. The molecule has 106 valence electrons. The molecule has 1 aliphatic rings. The normalized spacial score (nSPS) is 16.1. The van der Waals surface area contributed by atoms with Gasteiger partial charge in [-0.3, -0.25) is 4.68 Å². The van der Waals surface area contributed by atoms with Crippen LogP contribution in [-0.2, 0) is 12.5 Å². The summed E-state index contributed by atoms with van der Waals surface area (Å²) in [7, 11) is 1.83. The van der Waals surface area contributed by atoms with Crippen molar-refractivity contribution in [2.75, 3.05) is 0 Å². The lowest BCUT2D eigenvalue weighted by Crippen LogP contribution is -2.11. The number of hydrogen-bond donors (Lipinski definition) is 0. The van der Waals surface area contributed by atoms with Gasteiger partial charge >= 0.3 is 0 Å². The molecule has 0 N–H and O–H groups in total. The molecule has 0 aliphatic heterocycles. The minimum Gasteiger partial charge on any atom is -0.338 e. The highest BCUT2D eigenvalue weighted by Gasteiger charge is 2.52. The molecule has 21 heavy (non-hydrogen) atoms. The Hall–Kier alpha value is -2.50. The van der Waals surface area contributed by atoms with Crippen LogP contribution in [0.3, 0.4) is 0 Å². The predicted molar refractivity (Wildman–Crippen MR) is 72.9 cm³/mol.